The summed E-state index contributed by atoms with van der Waals surface area (Å²) in [7, 11) is 0. The van der Waals surface area contributed by atoms with Gasteiger partial charge < -0.3 is 4.74 Å². The Morgan fingerprint density at radius 1 is 1.05 bits per heavy atom. The molecule has 1 saturated carbocycles. The number of likely N-dealkylation sites (tertiary alicyclic amines) is 1. The van der Waals surface area contributed by atoms with E-state index in [4.69, 9.17) is 9.57 Å². The van der Waals surface area contributed by atoms with Crippen LogP contribution in [0.15, 0.2) is 0 Å². The van der Waals surface area contributed by atoms with Crippen molar-refractivity contribution in [3.05, 3.63) is 0 Å². The fourth-order valence-electron chi connectivity index (χ4n) is 4.66. The number of carbonyl (C=O) groups excluding carboxylic acids is 1. The third-order valence-electron chi connectivity index (χ3n) is 5.82. The van der Waals surface area contributed by atoms with E-state index in [-0.39, 0.29) is 11.8 Å². The highest BCUT2D eigenvalue weighted by Crippen LogP contribution is 2.38. The van der Waals surface area contributed by atoms with E-state index in [9.17, 15) is 4.79 Å². The van der Waals surface area contributed by atoms with Gasteiger partial charge in [0, 0.05) is 19.1 Å². The van der Waals surface area contributed by atoms with Crippen LogP contribution in [0.5, 0.6) is 0 Å². The Bertz CT molecular complexity index is 391. The summed E-state index contributed by atoms with van der Waals surface area (Å²) in [5.41, 5.74) is 0. The zero-order valence-corrected chi connectivity index (χ0v) is 12.7. The summed E-state index contributed by atoms with van der Waals surface area (Å²) in [4.78, 5) is 20.8. The van der Waals surface area contributed by atoms with Crippen molar-refractivity contribution in [3.63, 3.8) is 0 Å². The highest BCUT2D eigenvalue weighted by Gasteiger charge is 2.47. The van der Waals surface area contributed by atoms with Crippen molar-refractivity contribution in [2.24, 2.45) is 17.8 Å². The van der Waals surface area contributed by atoms with Gasteiger partial charge >= 0.3 is 0 Å². The molecule has 5 nitrogen and oxygen atoms in total. The first-order valence-electron chi connectivity index (χ1n) is 8.59. The van der Waals surface area contributed by atoms with Crippen LogP contribution in [0.3, 0.4) is 0 Å². The average Bonchev–Trinajstić information content (AvgIpc) is 3.24. The van der Waals surface area contributed by atoms with Crippen molar-refractivity contribution in [2.75, 3.05) is 39.5 Å². The minimum Gasteiger partial charge on any atom is -0.380 e. The molecule has 0 aromatic rings. The molecule has 3 heterocycles. The van der Waals surface area contributed by atoms with Crippen molar-refractivity contribution in [3.8, 4) is 0 Å². The van der Waals surface area contributed by atoms with Gasteiger partial charge in [0.25, 0.3) is 5.91 Å². The topological polar surface area (TPSA) is 42.0 Å². The molecule has 0 aromatic heterocycles. The van der Waals surface area contributed by atoms with Gasteiger partial charge in [0.15, 0.2) is 0 Å². The molecule has 0 N–H and O–H groups in total. The number of hydroxylamine groups is 2. The van der Waals surface area contributed by atoms with Crippen molar-refractivity contribution < 1.29 is 14.4 Å². The maximum atomic E-state index is 12.7. The largest absolute Gasteiger partial charge is 0.380 e. The molecule has 4 fully saturated rings. The Hall–Kier alpha value is -0.650. The van der Waals surface area contributed by atoms with Crippen molar-refractivity contribution in [1.82, 2.24) is 9.96 Å². The molecule has 0 unspecified atom stereocenters. The first-order chi connectivity index (χ1) is 10.3. The summed E-state index contributed by atoms with van der Waals surface area (Å²) in [5.74, 6) is 1.18. The van der Waals surface area contributed by atoms with Crippen LogP contribution in [-0.4, -0.2) is 61.4 Å². The minimum atomic E-state index is 0.00764. The normalized spacial score (nSPS) is 38.1. The lowest BCUT2D eigenvalue weighted by atomic mass is 9.82. The van der Waals surface area contributed by atoms with E-state index in [1.54, 1.807) is 5.06 Å². The van der Waals surface area contributed by atoms with E-state index in [1.165, 1.54) is 25.7 Å². The number of nitrogens with zero attached hydrogens (tertiary/aromatic N) is 2. The lowest BCUT2D eigenvalue weighted by molar-refractivity contribution is -0.181. The molecule has 3 aliphatic heterocycles. The number of fused-ring (bicyclic) bond motifs is 1. The Morgan fingerprint density at radius 2 is 1.90 bits per heavy atom. The zero-order valence-electron chi connectivity index (χ0n) is 12.7. The van der Waals surface area contributed by atoms with Gasteiger partial charge in [0.2, 0.25) is 0 Å². The van der Waals surface area contributed by atoms with Gasteiger partial charge in [0.1, 0.15) is 0 Å². The number of rotatable bonds is 2. The fraction of sp³-hybridized carbons (Fsp3) is 0.938. The number of carbonyl (C=O) groups is 1. The predicted molar refractivity (Wildman–Crippen MR) is 77.4 cm³/mol. The van der Waals surface area contributed by atoms with Gasteiger partial charge in [-0.25, -0.2) is 5.06 Å². The Kier molecular flexibility index (Phi) is 3.90. The molecule has 1 amide bonds. The number of hydrogen-bond acceptors (Lipinski definition) is 4. The Balaban J connectivity index is 1.44. The highest BCUT2D eigenvalue weighted by molar-refractivity contribution is 5.78. The van der Waals surface area contributed by atoms with Crippen molar-refractivity contribution in [1.29, 1.82) is 0 Å². The predicted octanol–water partition coefficient (Wildman–Crippen LogP) is 1.29. The van der Waals surface area contributed by atoms with Gasteiger partial charge in [-0.1, -0.05) is 12.8 Å². The highest BCUT2D eigenvalue weighted by atomic mass is 16.7. The van der Waals surface area contributed by atoms with E-state index >= 15 is 0 Å². The van der Waals surface area contributed by atoms with E-state index in [0.29, 0.717) is 25.0 Å². The molecular weight excluding hydrogens is 268 g/mol. The van der Waals surface area contributed by atoms with Crippen molar-refractivity contribution in [2.45, 2.75) is 38.1 Å². The van der Waals surface area contributed by atoms with Gasteiger partial charge in [-0.2, -0.15) is 0 Å². The van der Waals surface area contributed by atoms with Crippen molar-refractivity contribution >= 4 is 5.91 Å². The third-order valence-corrected chi connectivity index (χ3v) is 5.82. The zero-order chi connectivity index (χ0) is 14.2. The van der Waals surface area contributed by atoms with Crippen LogP contribution in [0, 0.1) is 17.8 Å². The van der Waals surface area contributed by atoms with Crippen LogP contribution in [0.4, 0.5) is 0 Å². The van der Waals surface area contributed by atoms with E-state index in [2.05, 4.69) is 4.90 Å². The Labute approximate surface area is 126 Å². The molecule has 5 heteroatoms. The van der Waals surface area contributed by atoms with Gasteiger partial charge in [0.05, 0.1) is 32.3 Å². The molecule has 1 aliphatic carbocycles. The van der Waals surface area contributed by atoms with Crippen LogP contribution in [-0.2, 0) is 14.4 Å². The first-order valence-corrected chi connectivity index (χ1v) is 8.59. The smallest absolute Gasteiger partial charge is 0.251 e. The molecule has 118 valence electrons. The monoisotopic (exact) mass is 294 g/mol. The third kappa shape index (κ3) is 2.60. The summed E-state index contributed by atoms with van der Waals surface area (Å²) < 4.78 is 5.76. The van der Waals surface area contributed by atoms with Gasteiger partial charge in [-0.05, 0) is 31.1 Å². The van der Waals surface area contributed by atoms with Gasteiger partial charge in [-0.3, -0.25) is 14.5 Å². The van der Waals surface area contributed by atoms with Crippen LogP contribution in [0.1, 0.15) is 32.1 Å². The molecule has 4 rings (SSSR count). The van der Waals surface area contributed by atoms with Crippen LogP contribution in [0.25, 0.3) is 0 Å². The molecule has 0 bridgehead atoms. The molecule has 0 radical (unpaired) electrons. The molecule has 3 saturated heterocycles. The van der Waals surface area contributed by atoms with Crippen LogP contribution < -0.4 is 0 Å². The van der Waals surface area contributed by atoms with E-state index in [0.717, 1.165) is 38.7 Å². The summed E-state index contributed by atoms with van der Waals surface area (Å²) in [5, 5.41) is 1.59. The molecule has 21 heavy (non-hydrogen) atoms. The maximum absolute atomic E-state index is 12.7. The standard InChI is InChI=1S/C16H26N2O3/c19-16(18-6-3-7-21-18)15-11-20-10-12-8-17(9-14(12)15)13-4-1-2-5-13/h12-15H,1-11H2/t12-,14-,15+/m0/s1. The van der Waals surface area contributed by atoms with Crippen LogP contribution >= 0.6 is 0 Å². The fourth-order valence-corrected chi connectivity index (χ4v) is 4.66. The summed E-state index contributed by atoms with van der Waals surface area (Å²) >= 11 is 0. The maximum Gasteiger partial charge on any atom is 0.251 e. The molecule has 3 atom stereocenters. The average molecular weight is 294 g/mol. The number of hydrogen-bond donors (Lipinski definition) is 0. The lowest BCUT2D eigenvalue weighted by Crippen LogP contribution is -2.45. The summed E-state index contributed by atoms with van der Waals surface area (Å²) in [6.07, 6.45) is 6.39. The minimum absolute atomic E-state index is 0.00764. The van der Waals surface area contributed by atoms with Gasteiger partial charge in [-0.15, -0.1) is 0 Å². The number of amides is 1. The molecular formula is C16H26N2O3. The second-order valence-electron chi connectivity index (χ2n) is 7.09. The summed E-state index contributed by atoms with van der Waals surface area (Å²) in [6.45, 7) is 5.06. The molecule has 4 aliphatic rings. The number of ether oxygens (including phenoxy) is 1. The Morgan fingerprint density at radius 3 is 2.67 bits per heavy atom. The second-order valence-corrected chi connectivity index (χ2v) is 7.09. The first kappa shape index (κ1) is 14.0. The molecule has 0 aromatic carbocycles. The van der Waals surface area contributed by atoms with Crippen LogP contribution in [0.2, 0.25) is 0 Å². The van der Waals surface area contributed by atoms with E-state index < -0.39 is 0 Å². The lowest BCUT2D eigenvalue weighted by Gasteiger charge is -2.33. The van der Waals surface area contributed by atoms with E-state index in [1.807, 2.05) is 0 Å². The summed E-state index contributed by atoms with van der Waals surface area (Å²) in [6, 6.07) is 0.759. The quantitative estimate of drug-likeness (QED) is 0.769. The molecule has 0 spiro atoms. The SMILES string of the molecule is O=C([C@@H]1COC[C@@H]2CN(C3CCCC3)C[C@@H]21)N1CCCO1. The second kappa shape index (κ2) is 5.86.